The summed E-state index contributed by atoms with van der Waals surface area (Å²) in [6, 6.07) is 0.693. The van der Waals surface area contributed by atoms with Gasteiger partial charge in [-0.2, -0.15) is 0 Å². The summed E-state index contributed by atoms with van der Waals surface area (Å²) < 4.78 is 48.6. The molecule has 1 aromatic rings. The molecule has 0 spiro atoms. The van der Waals surface area contributed by atoms with Gasteiger partial charge < -0.3 is 20.5 Å². The van der Waals surface area contributed by atoms with Gasteiger partial charge in [0.05, 0.1) is 13.2 Å². The minimum absolute atomic E-state index is 0.0311. The van der Waals surface area contributed by atoms with Crippen LogP contribution in [0.25, 0.3) is 0 Å². The van der Waals surface area contributed by atoms with Gasteiger partial charge in [-0.25, -0.2) is 18.0 Å². The molecule has 0 aliphatic heterocycles. The number of ether oxygens (including phenoxy) is 2. The lowest BCUT2D eigenvalue weighted by atomic mass is 10.0. The third kappa shape index (κ3) is 6.79. The minimum Gasteiger partial charge on any atom is -0.465 e. The van der Waals surface area contributed by atoms with E-state index in [0.717, 1.165) is 12.1 Å². The highest BCUT2D eigenvalue weighted by atomic mass is 35.5. The van der Waals surface area contributed by atoms with Gasteiger partial charge in [0.1, 0.15) is 5.38 Å². The van der Waals surface area contributed by atoms with E-state index in [1.807, 2.05) is 0 Å². The first kappa shape index (κ1) is 21.0. The van der Waals surface area contributed by atoms with Crippen molar-refractivity contribution < 1.29 is 32.2 Å². The first-order chi connectivity index (χ1) is 11.8. The number of hydrogen-bond donors (Lipinski definition) is 2. The number of hydrogen-bond acceptors (Lipinski definition) is 5. The van der Waals surface area contributed by atoms with Crippen LogP contribution in [0.1, 0.15) is 24.9 Å². The summed E-state index contributed by atoms with van der Waals surface area (Å²) in [5.41, 5.74) is 5.75. The lowest BCUT2D eigenvalue weighted by Gasteiger charge is -2.14. The van der Waals surface area contributed by atoms with Crippen molar-refractivity contribution in [2.75, 3.05) is 19.8 Å². The van der Waals surface area contributed by atoms with Crippen LogP contribution >= 0.6 is 11.6 Å². The molecular weight excluding hydrogens is 365 g/mol. The van der Waals surface area contributed by atoms with E-state index in [2.05, 4.69) is 10.1 Å². The van der Waals surface area contributed by atoms with E-state index in [-0.39, 0.29) is 31.7 Å². The zero-order valence-corrected chi connectivity index (χ0v) is 14.1. The molecule has 2 unspecified atom stereocenters. The van der Waals surface area contributed by atoms with Crippen LogP contribution < -0.4 is 11.1 Å². The highest BCUT2D eigenvalue weighted by Gasteiger charge is 2.18. The SMILES string of the molecule is CCOC(=O)C(Cl)CNC(=O)OCCC(N)c1cc(F)c(F)c(F)c1. The average molecular weight is 383 g/mol. The van der Waals surface area contributed by atoms with E-state index >= 15 is 0 Å². The van der Waals surface area contributed by atoms with Crippen molar-refractivity contribution in [1.29, 1.82) is 0 Å². The van der Waals surface area contributed by atoms with E-state index in [0.29, 0.717) is 0 Å². The van der Waals surface area contributed by atoms with Crippen LogP contribution in [0.2, 0.25) is 0 Å². The number of esters is 1. The highest BCUT2D eigenvalue weighted by molar-refractivity contribution is 6.30. The molecule has 0 heterocycles. The van der Waals surface area contributed by atoms with Crippen molar-refractivity contribution >= 4 is 23.7 Å². The standard InChI is InChI=1S/C15H18ClF3N2O4/c1-2-24-14(22)9(16)7-21-15(23)25-4-3-12(20)8-5-10(17)13(19)11(18)6-8/h5-6,9,12H,2-4,7,20H2,1H3,(H,21,23). The zero-order chi connectivity index (χ0) is 19.0. The Morgan fingerprint density at radius 2 is 1.84 bits per heavy atom. The second-order valence-corrected chi connectivity index (χ2v) is 5.46. The van der Waals surface area contributed by atoms with Crippen molar-refractivity contribution in [3.8, 4) is 0 Å². The largest absolute Gasteiger partial charge is 0.465 e. The molecule has 1 amide bonds. The third-order valence-electron chi connectivity index (χ3n) is 3.06. The predicted octanol–water partition coefficient (Wildman–Crippen LogP) is 2.39. The molecule has 25 heavy (non-hydrogen) atoms. The molecule has 0 saturated carbocycles. The number of carbonyl (C=O) groups is 2. The summed E-state index contributed by atoms with van der Waals surface area (Å²) in [6.07, 6.45) is -0.807. The third-order valence-corrected chi connectivity index (χ3v) is 3.40. The Bertz CT molecular complexity index is 595. The van der Waals surface area contributed by atoms with Crippen LogP contribution in [-0.2, 0) is 14.3 Å². The fourth-order valence-electron chi connectivity index (χ4n) is 1.77. The Morgan fingerprint density at radius 3 is 2.40 bits per heavy atom. The van der Waals surface area contributed by atoms with Crippen LogP contribution in [0.5, 0.6) is 0 Å². The van der Waals surface area contributed by atoms with Crippen molar-refractivity contribution in [1.82, 2.24) is 5.32 Å². The number of benzene rings is 1. The number of rotatable bonds is 8. The first-order valence-electron chi connectivity index (χ1n) is 7.37. The molecule has 0 aromatic heterocycles. The second-order valence-electron chi connectivity index (χ2n) is 4.93. The van der Waals surface area contributed by atoms with Crippen molar-refractivity contribution in [2.45, 2.75) is 24.8 Å². The van der Waals surface area contributed by atoms with Gasteiger partial charge in [0.25, 0.3) is 0 Å². The van der Waals surface area contributed by atoms with E-state index in [1.54, 1.807) is 6.92 Å². The van der Waals surface area contributed by atoms with E-state index < -0.39 is 40.9 Å². The van der Waals surface area contributed by atoms with Crippen LogP contribution in [0, 0.1) is 17.5 Å². The van der Waals surface area contributed by atoms with Crippen LogP contribution in [0.4, 0.5) is 18.0 Å². The summed E-state index contributed by atoms with van der Waals surface area (Å²) >= 11 is 5.69. The van der Waals surface area contributed by atoms with Crippen LogP contribution in [-0.4, -0.2) is 37.2 Å². The van der Waals surface area contributed by atoms with Gasteiger partial charge in [-0.3, -0.25) is 4.79 Å². The maximum atomic E-state index is 13.1. The van der Waals surface area contributed by atoms with Gasteiger partial charge >= 0.3 is 12.1 Å². The number of amides is 1. The summed E-state index contributed by atoms with van der Waals surface area (Å²) in [4.78, 5) is 22.7. The Kier molecular flexibility index (Phi) is 8.50. The lowest BCUT2D eigenvalue weighted by Crippen LogP contribution is -2.35. The zero-order valence-electron chi connectivity index (χ0n) is 13.4. The molecule has 0 saturated heterocycles. The molecular formula is C15H18ClF3N2O4. The topological polar surface area (TPSA) is 90.6 Å². The van der Waals surface area contributed by atoms with Gasteiger partial charge in [0, 0.05) is 19.0 Å². The number of alkyl carbamates (subject to hydrolysis) is 1. The van der Waals surface area contributed by atoms with Crippen molar-refractivity contribution in [3.05, 3.63) is 35.1 Å². The first-order valence-corrected chi connectivity index (χ1v) is 7.81. The lowest BCUT2D eigenvalue weighted by molar-refractivity contribution is -0.142. The molecule has 1 aromatic carbocycles. The molecule has 0 aliphatic rings. The summed E-state index contributed by atoms with van der Waals surface area (Å²) in [5, 5.41) is 1.20. The van der Waals surface area contributed by atoms with Crippen molar-refractivity contribution in [2.24, 2.45) is 5.73 Å². The molecule has 0 bridgehead atoms. The summed E-state index contributed by atoms with van der Waals surface area (Å²) in [7, 11) is 0. The number of carbonyl (C=O) groups excluding carboxylic acids is 2. The minimum atomic E-state index is -1.58. The molecule has 0 fully saturated rings. The molecule has 3 N–H and O–H groups in total. The highest BCUT2D eigenvalue weighted by Crippen LogP contribution is 2.20. The van der Waals surface area contributed by atoms with E-state index in [4.69, 9.17) is 22.1 Å². The maximum absolute atomic E-state index is 13.1. The van der Waals surface area contributed by atoms with Gasteiger partial charge in [-0.15, -0.1) is 11.6 Å². The quantitative estimate of drug-likeness (QED) is 0.409. The molecule has 10 heteroatoms. The van der Waals surface area contributed by atoms with E-state index in [9.17, 15) is 22.8 Å². The number of nitrogens with two attached hydrogens (primary N) is 1. The summed E-state index contributed by atoms with van der Waals surface area (Å²) in [6.45, 7) is 1.42. The average Bonchev–Trinajstić information content (AvgIpc) is 2.57. The monoisotopic (exact) mass is 382 g/mol. The Balaban J connectivity index is 2.36. The second kappa shape index (κ2) is 10.1. The molecule has 0 radical (unpaired) electrons. The Hall–Kier alpha value is -2.00. The van der Waals surface area contributed by atoms with Gasteiger partial charge in [-0.05, 0) is 24.6 Å². The van der Waals surface area contributed by atoms with Crippen LogP contribution in [0.15, 0.2) is 12.1 Å². The Morgan fingerprint density at radius 1 is 1.24 bits per heavy atom. The summed E-state index contributed by atoms with van der Waals surface area (Å²) in [5.74, 6) is -4.96. The molecule has 140 valence electrons. The fourth-order valence-corrected chi connectivity index (χ4v) is 1.91. The predicted molar refractivity (Wildman–Crippen MR) is 83.5 cm³/mol. The Labute approximate surface area is 147 Å². The molecule has 0 aliphatic carbocycles. The smallest absolute Gasteiger partial charge is 0.407 e. The van der Waals surface area contributed by atoms with Crippen LogP contribution in [0.3, 0.4) is 0 Å². The number of nitrogens with one attached hydrogen (secondary N) is 1. The molecule has 2 atom stereocenters. The number of alkyl halides is 1. The van der Waals surface area contributed by atoms with E-state index in [1.165, 1.54) is 0 Å². The van der Waals surface area contributed by atoms with Gasteiger partial charge in [0.2, 0.25) is 0 Å². The maximum Gasteiger partial charge on any atom is 0.407 e. The van der Waals surface area contributed by atoms with Crippen molar-refractivity contribution in [3.63, 3.8) is 0 Å². The fraction of sp³-hybridized carbons (Fsp3) is 0.467. The van der Waals surface area contributed by atoms with Gasteiger partial charge in [0.15, 0.2) is 17.5 Å². The normalized spacial score (nSPS) is 13.0. The van der Waals surface area contributed by atoms with Gasteiger partial charge in [-0.1, -0.05) is 0 Å². The number of halogens is 4. The molecule has 6 nitrogen and oxygen atoms in total. The molecule has 1 rings (SSSR count).